The van der Waals surface area contributed by atoms with Crippen molar-refractivity contribution >= 4 is 0 Å². The molecular formula is C12H14O. The molecular weight excluding hydrogens is 160 g/mol. The monoisotopic (exact) mass is 174 g/mol. The Morgan fingerprint density at radius 2 is 1.92 bits per heavy atom. The average Bonchev–Trinajstić information content (AvgIpc) is 2.21. The van der Waals surface area contributed by atoms with E-state index in [1.54, 1.807) is 12.2 Å². The van der Waals surface area contributed by atoms with Gasteiger partial charge >= 0.3 is 0 Å². The molecule has 0 aliphatic rings. The number of benzene rings is 1. The molecule has 0 spiro atoms. The Hall–Kier alpha value is -1.34. The minimum Gasteiger partial charge on any atom is -0.365 e. The van der Waals surface area contributed by atoms with E-state index < -0.39 is 0 Å². The van der Waals surface area contributed by atoms with Crippen LogP contribution in [0, 0.1) is 0 Å². The maximum atomic E-state index is 5.49. The smallest absolute Gasteiger partial charge is 0.101 e. The maximum Gasteiger partial charge on any atom is 0.101 e. The molecule has 1 rings (SSSR count). The first kappa shape index (κ1) is 9.75. The van der Waals surface area contributed by atoms with Crippen LogP contribution in [0.5, 0.6) is 0 Å². The zero-order chi connectivity index (χ0) is 9.52. The summed E-state index contributed by atoms with van der Waals surface area (Å²) in [5.74, 6) is 0. The van der Waals surface area contributed by atoms with Crippen LogP contribution in [0.1, 0.15) is 11.7 Å². The van der Waals surface area contributed by atoms with E-state index in [0.717, 1.165) is 5.56 Å². The second kappa shape index (κ2) is 5.33. The summed E-state index contributed by atoms with van der Waals surface area (Å²) in [4.78, 5) is 0. The van der Waals surface area contributed by atoms with Crippen LogP contribution >= 0.6 is 0 Å². The predicted molar refractivity (Wildman–Crippen MR) is 55.5 cm³/mol. The maximum absolute atomic E-state index is 5.49. The second-order valence-corrected chi connectivity index (χ2v) is 2.69. The van der Waals surface area contributed by atoms with Crippen LogP contribution in [0.4, 0.5) is 0 Å². The minimum atomic E-state index is -0.0285. The standard InChI is InChI=1S/C12H14O/c1-3-10-13-12(4-2)11-8-6-5-7-9-11/h3-9,12H,1-2,10H2. The summed E-state index contributed by atoms with van der Waals surface area (Å²) in [7, 11) is 0. The first-order valence-corrected chi connectivity index (χ1v) is 4.28. The molecule has 0 amide bonds. The topological polar surface area (TPSA) is 9.23 Å². The summed E-state index contributed by atoms with van der Waals surface area (Å²) >= 11 is 0. The lowest BCUT2D eigenvalue weighted by molar-refractivity contribution is 0.110. The average molecular weight is 174 g/mol. The van der Waals surface area contributed by atoms with Gasteiger partial charge in [0.2, 0.25) is 0 Å². The number of hydrogen-bond acceptors (Lipinski definition) is 1. The fourth-order valence-corrected chi connectivity index (χ4v) is 1.11. The fraction of sp³-hybridized carbons (Fsp3) is 0.167. The van der Waals surface area contributed by atoms with E-state index in [9.17, 15) is 0 Å². The summed E-state index contributed by atoms with van der Waals surface area (Å²) < 4.78 is 5.49. The van der Waals surface area contributed by atoms with Crippen molar-refractivity contribution < 1.29 is 4.74 Å². The van der Waals surface area contributed by atoms with E-state index in [2.05, 4.69) is 13.2 Å². The van der Waals surface area contributed by atoms with Crippen molar-refractivity contribution in [2.24, 2.45) is 0 Å². The molecule has 1 aromatic carbocycles. The van der Waals surface area contributed by atoms with Crippen LogP contribution in [0.25, 0.3) is 0 Å². The van der Waals surface area contributed by atoms with Crippen LogP contribution < -0.4 is 0 Å². The van der Waals surface area contributed by atoms with Crippen LogP contribution in [0.15, 0.2) is 55.6 Å². The van der Waals surface area contributed by atoms with Crippen LogP contribution in [0.3, 0.4) is 0 Å². The van der Waals surface area contributed by atoms with Crippen LogP contribution in [-0.4, -0.2) is 6.61 Å². The molecule has 0 aromatic heterocycles. The zero-order valence-electron chi connectivity index (χ0n) is 7.65. The van der Waals surface area contributed by atoms with Gasteiger partial charge in [0.25, 0.3) is 0 Å². The molecule has 0 heterocycles. The van der Waals surface area contributed by atoms with Gasteiger partial charge in [-0.3, -0.25) is 0 Å². The van der Waals surface area contributed by atoms with E-state index in [-0.39, 0.29) is 6.10 Å². The number of hydrogen-bond donors (Lipinski definition) is 0. The van der Waals surface area contributed by atoms with Gasteiger partial charge < -0.3 is 4.74 Å². The van der Waals surface area contributed by atoms with E-state index in [1.807, 2.05) is 30.3 Å². The quantitative estimate of drug-likeness (QED) is 0.623. The van der Waals surface area contributed by atoms with Gasteiger partial charge in [-0.25, -0.2) is 0 Å². The van der Waals surface area contributed by atoms with Crippen molar-refractivity contribution in [3.8, 4) is 0 Å². The molecule has 0 N–H and O–H groups in total. The molecule has 68 valence electrons. The molecule has 0 aliphatic heterocycles. The largest absolute Gasteiger partial charge is 0.365 e. The van der Waals surface area contributed by atoms with Gasteiger partial charge in [-0.1, -0.05) is 42.5 Å². The minimum absolute atomic E-state index is 0.0285. The molecule has 0 fully saturated rings. The Morgan fingerprint density at radius 1 is 1.23 bits per heavy atom. The first-order valence-electron chi connectivity index (χ1n) is 4.28. The van der Waals surface area contributed by atoms with Gasteiger partial charge in [0.15, 0.2) is 0 Å². The van der Waals surface area contributed by atoms with Gasteiger partial charge in [-0.05, 0) is 5.56 Å². The third kappa shape index (κ3) is 2.88. The molecule has 0 radical (unpaired) electrons. The molecule has 1 aromatic rings. The fourth-order valence-electron chi connectivity index (χ4n) is 1.11. The van der Waals surface area contributed by atoms with Gasteiger partial charge in [-0.2, -0.15) is 0 Å². The van der Waals surface area contributed by atoms with Gasteiger partial charge in [0.1, 0.15) is 6.10 Å². The van der Waals surface area contributed by atoms with E-state index in [4.69, 9.17) is 4.74 Å². The zero-order valence-corrected chi connectivity index (χ0v) is 7.65. The highest BCUT2D eigenvalue weighted by atomic mass is 16.5. The van der Waals surface area contributed by atoms with Crippen molar-refractivity contribution in [1.82, 2.24) is 0 Å². The van der Waals surface area contributed by atoms with E-state index >= 15 is 0 Å². The van der Waals surface area contributed by atoms with Crippen molar-refractivity contribution in [2.75, 3.05) is 6.61 Å². The molecule has 1 heteroatoms. The molecule has 1 nitrogen and oxygen atoms in total. The third-order valence-corrected chi connectivity index (χ3v) is 1.74. The van der Waals surface area contributed by atoms with Crippen molar-refractivity contribution in [1.29, 1.82) is 0 Å². The molecule has 0 aliphatic carbocycles. The normalized spacial score (nSPS) is 12.0. The highest BCUT2D eigenvalue weighted by molar-refractivity contribution is 5.20. The Morgan fingerprint density at radius 3 is 2.46 bits per heavy atom. The second-order valence-electron chi connectivity index (χ2n) is 2.69. The first-order chi connectivity index (χ1) is 6.38. The Bertz CT molecular complexity index is 264. The predicted octanol–water partition coefficient (Wildman–Crippen LogP) is 3.12. The van der Waals surface area contributed by atoms with Crippen molar-refractivity contribution in [3.63, 3.8) is 0 Å². The molecule has 1 atom stereocenters. The number of ether oxygens (including phenoxy) is 1. The summed E-state index contributed by atoms with van der Waals surface area (Å²) in [5.41, 5.74) is 1.12. The molecule has 0 saturated heterocycles. The summed E-state index contributed by atoms with van der Waals surface area (Å²) in [6, 6.07) is 10.0. The third-order valence-electron chi connectivity index (χ3n) is 1.74. The van der Waals surface area contributed by atoms with Crippen molar-refractivity contribution in [3.05, 3.63) is 61.2 Å². The van der Waals surface area contributed by atoms with Gasteiger partial charge in [-0.15, -0.1) is 13.2 Å². The lowest BCUT2D eigenvalue weighted by Gasteiger charge is -2.12. The summed E-state index contributed by atoms with van der Waals surface area (Å²) in [5, 5.41) is 0. The molecule has 13 heavy (non-hydrogen) atoms. The molecule has 0 saturated carbocycles. The Kier molecular flexibility index (Phi) is 4.00. The van der Waals surface area contributed by atoms with E-state index in [0.29, 0.717) is 6.61 Å². The lowest BCUT2D eigenvalue weighted by Crippen LogP contribution is -2.00. The highest BCUT2D eigenvalue weighted by Gasteiger charge is 2.04. The van der Waals surface area contributed by atoms with Crippen LogP contribution in [0.2, 0.25) is 0 Å². The summed E-state index contributed by atoms with van der Waals surface area (Å²) in [6.07, 6.45) is 3.50. The Balaban J connectivity index is 2.66. The van der Waals surface area contributed by atoms with E-state index in [1.165, 1.54) is 0 Å². The van der Waals surface area contributed by atoms with Crippen LogP contribution in [-0.2, 0) is 4.74 Å². The summed E-state index contributed by atoms with van der Waals surface area (Å²) in [6.45, 7) is 7.88. The van der Waals surface area contributed by atoms with Gasteiger partial charge in [0.05, 0.1) is 6.61 Å². The lowest BCUT2D eigenvalue weighted by atomic mass is 10.1. The molecule has 0 bridgehead atoms. The SMILES string of the molecule is C=CCOC(C=C)c1ccccc1. The highest BCUT2D eigenvalue weighted by Crippen LogP contribution is 2.17. The van der Waals surface area contributed by atoms with Gasteiger partial charge in [0, 0.05) is 0 Å². The number of rotatable bonds is 5. The molecule has 1 unspecified atom stereocenters. The Labute approximate surface area is 79.4 Å². The van der Waals surface area contributed by atoms with Crippen molar-refractivity contribution in [2.45, 2.75) is 6.10 Å².